The maximum absolute atomic E-state index is 13.1. The van der Waals surface area contributed by atoms with Gasteiger partial charge < -0.3 is 5.32 Å². The highest BCUT2D eigenvalue weighted by Gasteiger charge is 2.30. The highest BCUT2D eigenvalue weighted by atomic mass is 19.4. The van der Waals surface area contributed by atoms with Gasteiger partial charge in [0, 0.05) is 12.9 Å². The van der Waals surface area contributed by atoms with Crippen molar-refractivity contribution in [1.29, 1.82) is 0 Å². The Morgan fingerprint density at radius 1 is 1.19 bits per heavy atom. The first kappa shape index (κ1) is 8.13. The van der Waals surface area contributed by atoms with Crippen LogP contribution in [0.25, 0.3) is 10.8 Å². The van der Waals surface area contributed by atoms with Crippen LogP contribution in [0.2, 0.25) is 0 Å². The summed E-state index contributed by atoms with van der Waals surface area (Å²) in [5, 5.41) is 0.982. The highest BCUT2D eigenvalue weighted by Crippen LogP contribution is 2.29. The van der Waals surface area contributed by atoms with Crippen molar-refractivity contribution in [2.45, 2.75) is 31.8 Å². The smallest absolute Gasteiger partial charge is 0.310 e. The predicted octanol–water partition coefficient (Wildman–Crippen LogP) is 6.14. The third-order valence-corrected chi connectivity index (χ3v) is 3.54. The first-order valence-corrected chi connectivity index (χ1v) is 7.55. The predicted molar refractivity (Wildman–Crippen MR) is 100 cm³/mol. The van der Waals surface area contributed by atoms with E-state index in [-0.39, 0.29) is 5.56 Å². The molecule has 1 N–H and O–H groups in total. The molecule has 0 saturated carbocycles. The number of aryl methyl sites for hydroxylation is 1. The zero-order valence-electron chi connectivity index (χ0n) is 26.4. The molecule has 26 heavy (non-hydrogen) atoms. The van der Waals surface area contributed by atoms with Gasteiger partial charge in [0.15, 0.2) is 0 Å². The molecule has 0 aliphatic carbocycles. The van der Waals surface area contributed by atoms with Crippen LogP contribution in [0.3, 0.4) is 0 Å². The first-order chi connectivity index (χ1) is 17.6. The van der Waals surface area contributed by atoms with Crippen LogP contribution in [0.4, 0.5) is 13.2 Å². The third kappa shape index (κ3) is 4.44. The summed E-state index contributed by atoms with van der Waals surface area (Å²) in [6, 6.07) is -5.15. The second-order valence-electron chi connectivity index (χ2n) is 5.35. The van der Waals surface area contributed by atoms with Gasteiger partial charge in [0.2, 0.25) is 0 Å². The molecule has 4 heteroatoms. The van der Waals surface area contributed by atoms with E-state index in [2.05, 4.69) is 5.32 Å². The Hall–Kier alpha value is -2.33. The second kappa shape index (κ2) is 7.92. The molecular weight excluding hydrogens is 335 g/mol. The standard InChI is InChI=1S/C22H22F3N/c1-16(20-13-5-10-18-9-2-3-12-21(18)20)26-14-6-8-17-7-4-11-19(15-17)22(23,24)25/h2-5,7,9-13,15-16,26H,6,8,14H2,1H3/t16-/m0/s1/i1D3,2D,3D,5D,6D2,9D,10D,12D,13D,16D. The summed E-state index contributed by atoms with van der Waals surface area (Å²) in [6.45, 7) is -4.35. The van der Waals surface area contributed by atoms with Crippen LogP contribution in [0.1, 0.15) is 53.8 Å². The molecule has 1 nitrogen and oxygen atoms in total. The Labute approximate surface area is 170 Å². The number of rotatable bonds is 6. The fraction of sp³-hybridized carbons (Fsp3) is 0.273. The van der Waals surface area contributed by atoms with Gasteiger partial charge in [-0.2, -0.15) is 13.2 Å². The molecule has 3 rings (SSSR count). The molecule has 0 unspecified atom stereocenters. The van der Waals surface area contributed by atoms with Crippen molar-refractivity contribution in [1.82, 2.24) is 5.32 Å². The Morgan fingerprint density at radius 2 is 2.00 bits per heavy atom. The molecule has 0 radical (unpaired) electrons. The monoisotopic (exact) mass is 370 g/mol. The van der Waals surface area contributed by atoms with Gasteiger partial charge in [-0.05, 0) is 54.2 Å². The zero-order chi connectivity index (χ0) is 29.9. The third-order valence-electron chi connectivity index (χ3n) is 3.54. The molecule has 0 saturated heterocycles. The minimum absolute atomic E-state index is 0.0613. The van der Waals surface area contributed by atoms with Gasteiger partial charge in [-0.25, -0.2) is 0 Å². The van der Waals surface area contributed by atoms with E-state index < -0.39 is 103 Å². The number of benzene rings is 3. The topological polar surface area (TPSA) is 12.0 Å². The van der Waals surface area contributed by atoms with E-state index in [0.29, 0.717) is 0 Å². The molecule has 136 valence electrons. The maximum atomic E-state index is 13.1. The van der Waals surface area contributed by atoms with Crippen molar-refractivity contribution in [2.24, 2.45) is 0 Å². The number of alkyl halides is 3. The summed E-state index contributed by atoms with van der Waals surface area (Å²) in [4.78, 5) is 0. The van der Waals surface area contributed by atoms with E-state index in [9.17, 15) is 13.2 Å². The number of fused-ring (bicyclic) bond motifs is 1. The molecule has 0 aliphatic rings. The van der Waals surface area contributed by atoms with Crippen LogP contribution in [0.5, 0.6) is 0 Å². The van der Waals surface area contributed by atoms with E-state index in [1.165, 1.54) is 6.07 Å². The molecule has 0 spiro atoms. The van der Waals surface area contributed by atoms with Crippen molar-refractivity contribution in [2.75, 3.05) is 6.54 Å². The molecule has 0 amide bonds. The summed E-state index contributed by atoms with van der Waals surface area (Å²) < 4.78 is 146. The van der Waals surface area contributed by atoms with Crippen molar-refractivity contribution in [3.8, 4) is 0 Å². The quantitative estimate of drug-likeness (QED) is 0.549. The van der Waals surface area contributed by atoms with Crippen molar-refractivity contribution in [3.05, 3.63) is 83.3 Å². The first-order valence-electron chi connectivity index (χ1n) is 14.1. The normalized spacial score (nSPS) is 22.5. The largest absolute Gasteiger partial charge is 0.416 e. The van der Waals surface area contributed by atoms with E-state index in [1.807, 2.05) is 0 Å². The van der Waals surface area contributed by atoms with E-state index >= 15 is 0 Å². The van der Waals surface area contributed by atoms with Gasteiger partial charge in [-0.3, -0.25) is 0 Å². The van der Waals surface area contributed by atoms with Crippen LogP contribution in [0.15, 0.2) is 66.6 Å². The van der Waals surface area contributed by atoms with Crippen LogP contribution >= 0.6 is 0 Å². The number of hydrogen-bond acceptors (Lipinski definition) is 1. The average Bonchev–Trinajstić information content (AvgIpc) is 2.81. The molecule has 0 aromatic heterocycles. The lowest BCUT2D eigenvalue weighted by Gasteiger charge is -2.17. The van der Waals surface area contributed by atoms with Crippen LogP contribution in [0, 0.1) is 0 Å². The van der Waals surface area contributed by atoms with E-state index in [4.69, 9.17) is 17.8 Å². The van der Waals surface area contributed by atoms with E-state index in [1.54, 1.807) is 0 Å². The maximum Gasteiger partial charge on any atom is 0.416 e. The summed E-state index contributed by atoms with van der Waals surface area (Å²) >= 11 is 0. The summed E-state index contributed by atoms with van der Waals surface area (Å²) in [6.07, 6.45) is -7.73. The van der Waals surface area contributed by atoms with Crippen molar-refractivity contribution in [3.63, 3.8) is 0 Å². The average molecular weight is 370 g/mol. The van der Waals surface area contributed by atoms with Gasteiger partial charge in [0.25, 0.3) is 0 Å². The molecular formula is C22H22F3N. The van der Waals surface area contributed by atoms with Gasteiger partial charge in [0.05, 0.1) is 16.5 Å². The minimum atomic E-state index is -4.68. The summed E-state index contributed by atoms with van der Waals surface area (Å²) in [5.41, 5.74) is -1.95. The van der Waals surface area contributed by atoms with Gasteiger partial charge in [-0.1, -0.05) is 60.5 Å². The SMILES string of the molecule is [2H]c1c([2H])c([2H])c2c([C@@]([2H])(NCC([2H])([2H])Cc3cccc(C(F)(F)F)c3)C([2H])([2H])[2H])c([2H])c([2H])c([2H])c2c1[2H]. The van der Waals surface area contributed by atoms with Gasteiger partial charge >= 0.3 is 6.18 Å². The Bertz CT molecular complexity index is 1430. The van der Waals surface area contributed by atoms with E-state index in [0.717, 1.165) is 18.2 Å². The minimum Gasteiger partial charge on any atom is -0.310 e. The lowest BCUT2D eigenvalue weighted by atomic mass is 9.99. The lowest BCUT2D eigenvalue weighted by molar-refractivity contribution is -0.137. The second-order valence-corrected chi connectivity index (χ2v) is 5.35. The Kier molecular flexibility index (Phi) is 2.48. The number of halogens is 3. The Morgan fingerprint density at radius 3 is 2.81 bits per heavy atom. The lowest BCUT2D eigenvalue weighted by Crippen LogP contribution is -2.20. The van der Waals surface area contributed by atoms with Crippen molar-refractivity contribution >= 4 is 10.8 Å². The molecule has 3 aromatic rings. The van der Waals surface area contributed by atoms with Crippen LogP contribution in [-0.4, -0.2) is 6.54 Å². The molecule has 1 atom stereocenters. The fourth-order valence-corrected chi connectivity index (χ4v) is 2.30. The number of hydrogen-bond donors (Lipinski definition) is 1. The molecule has 0 heterocycles. The Balaban J connectivity index is 2.17. The van der Waals surface area contributed by atoms with Crippen LogP contribution < -0.4 is 5.32 Å². The molecule has 0 fully saturated rings. The van der Waals surface area contributed by atoms with Crippen molar-refractivity contribution < 1.29 is 31.0 Å². The van der Waals surface area contributed by atoms with Gasteiger partial charge in [0.1, 0.15) is 0 Å². The summed E-state index contributed by atoms with van der Waals surface area (Å²) in [7, 11) is 0. The van der Waals surface area contributed by atoms with Gasteiger partial charge in [-0.15, -0.1) is 0 Å². The fourth-order valence-electron chi connectivity index (χ4n) is 2.30. The zero-order valence-corrected chi connectivity index (χ0v) is 13.4. The molecule has 3 aromatic carbocycles. The van der Waals surface area contributed by atoms with Crippen LogP contribution in [-0.2, 0) is 12.6 Å². The summed E-state index contributed by atoms with van der Waals surface area (Å²) in [5.74, 6) is 0. The molecule has 0 aliphatic heterocycles. The number of nitrogens with one attached hydrogen (secondary N) is 1. The molecule has 0 bridgehead atoms. The highest BCUT2D eigenvalue weighted by molar-refractivity contribution is 5.86.